The molecule has 1 heterocycles. The van der Waals surface area contributed by atoms with Gasteiger partial charge in [-0.2, -0.15) is 4.98 Å². The molecule has 0 aliphatic carbocycles. The topological polar surface area (TPSA) is 87.5 Å². The molecule has 0 aliphatic heterocycles. The van der Waals surface area contributed by atoms with Gasteiger partial charge in [-0.3, -0.25) is 0 Å². The van der Waals surface area contributed by atoms with Gasteiger partial charge in [0.25, 0.3) is 0 Å². The van der Waals surface area contributed by atoms with Crippen molar-refractivity contribution >= 4 is 5.95 Å². The molecule has 1 unspecified atom stereocenters. The summed E-state index contributed by atoms with van der Waals surface area (Å²) in [5.41, 5.74) is 0. The van der Waals surface area contributed by atoms with Crippen molar-refractivity contribution in [1.29, 1.82) is 0 Å². The van der Waals surface area contributed by atoms with E-state index >= 15 is 0 Å². The van der Waals surface area contributed by atoms with Gasteiger partial charge in [0.2, 0.25) is 11.8 Å². The number of hydrogen-bond donors (Lipinski definition) is 3. The van der Waals surface area contributed by atoms with Crippen molar-refractivity contribution < 1.29 is 14.9 Å². The Kier molecular flexibility index (Phi) is 4.09. The van der Waals surface area contributed by atoms with Crippen molar-refractivity contribution in [1.82, 2.24) is 9.97 Å². The lowest BCUT2D eigenvalue weighted by Crippen LogP contribution is -2.23. The van der Waals surface area contributed by atoms with E-state index in [4.69, 9.17) is 14.9 Å². The van der Waals surface area contributed by atoms with E-state index in [1.165, 1.54) is 7.11 Å². The van der Waals surface area contributed by atoms with E-state index in [1.54, 1.807) is 12.3 Å². The van der Waals surface area contributed by atoms with Crippen LogP contribution in [0.5, 0.6) is 5.88 Å². The zero-order valence-electron chi connectivity index (χ0n) is 7.84. The molecule has 0 radical (unpaired) electrons. The normalized spacial score (nSPS) is 12.2. The van der Waals surface area contributed by atoms with Crippen LogP contribution in [-0.4, -0.2) is 46.5 Å². The van der Waals surface area contributed by atoms with Crippen molar-refractivity contribution in [3.8, 4) is 5.88 Å². The molecule has 0 bridgehead atoms. The lowest BCUT2D eigenvalue weighted by molar-refractivity contribution is 0.105. The highest BCUT2D eigenvalue weighted by Crippen LogP contribution is 2.06. The molecule has 6 nitrogen and oxygen atoms in total. The Bertz CT molecular complexity index is 282. The highest BCUT2D eigenvalue weighted by atomic mass is 16.5. The molecule has 1 aromatic rings. The first-order chi connectivity index (χ1) is 6.76. The summed E-state index contributed by atoms with van der Waals surface area (Å²) in [4.78, 5) is 7.86. The number of anilines is 1. The fourth-order valence-electron chi connectivity index (χ4n) is 0.815. The molecule has 0 spiro atoms. The number of methoxy groups -OCH3 is 1. The number of nitrogens with one attached hydrogen (secondary N) is 1. The fourth-order valence-corrected chi connectivity index (χ4v) is 0.815. The first-order valence-electron chi connectivity index (χ1n) is 4.16. The zero-order valence-corrected chi connectivity index (χ0v) is 7.84. The van der Waals surface area contributed by atoms with Crippen molar-refractivity contribution in [2.24, 2.45) is 0 Å². The predicted molar refractivity (Wildman–Crippen MR) is 50.2 cm³/mol. The summed E-state index contributed by atoms with van der Waals surface area (Å²) < 4.78 is 4.88. The fraction of sp³-hybridized carbons (Fsp3) is 0.500. The summed E-state index contributed by atoms with van der Waals surface area (Å²) in [5, 5.41) is 20.4. The minimum absolute atomic E-state index is 0.198. The molecular weight excluding hydrogens is 186 g/mol. The van der Waals surface area contributed by atoms with Crippen LogP contribution in [0, 0.1) is 0 Å². The van der Waals surface area contributed by atoms with E-state index in [9.17, 15) is 0 Å². The van der Waals surface area contributed by atoms with Gasteiger partial charge in [0.05, 0.1) is 19.8 Å². The minimum Gasteiger partial charge on any atom is -0.481 e. The number of rotatable bonds is 5. The van der Waals surface area contributed by atoms with Gasteiger partial charge in [-0.05, 0) is 0 Å². The van der Waals surface area contributed by atoms with Crippen LogP contribution in [0.15, 0.2) is 12.3 Å². The molecule has 0 saturated heterocycles. The quantitative estimate of drug-likeness (QED) is 0.578. The summed E-state index contributed by atoms with van der Waals surface area (Å²) in [6.07, 6.45) is 0.726. The van der Waals surface area contributed by atoms with Gasteiger partial charge in [0.15, 0.2) is 0 Å². The van der Waals surface area contributed by atoms with Gasteiger partial charge in [-0.15, -0.1) is 0 Å². The Morgan fingerprint density at radius 3 is 3.07 bits per heavy atom. The predicted octanol–water partition coefficient (Wildman–Crippen LogP) is -0.750. The van der Waals surface area contributed by atoms with E-state index in [-0.39, 0.29) is 13.2 Å². The summed E-state index contributed by atoms with van der Waals surface area (Å²) in [5.74, 6) is 0.804. The van der Waals surface area contributed by atoms with E-state index in [2.05, 4.69) is 15.3 Å². The van der Waals surface area contributed by atoms with Crippen LogP contribution in [0.4, 0.5) is 5.95 Å². The zero-order chi connectivity index (χ0) is 10.4. The average molecular weight is 199 g/mol. The number of aromatic nitrogens is 2. The highest BCUT2D eigenvalue weighted by Gasteiger charge is 2.03. The molecule has 1 atom stereocenters. The van der Waals surface area contributed by atoms with Gasteiger partial charge in [-0.25, -0.2) is 4.98 Å². The largest absolute Gasteiger partial charge is 0.481 e. The molecule has 78 valence electrons. The van der Waals surface area contributed by atoms with Crippen LogP contribution in [0.3, 0.4) is 0 Å². The van der Waals surface area contributed by atoms with Crippen molar-refractivity contribution in [3.63, 3.8) is 0 Å². The maximum atomic E-state index is 9.05. The molecule has 0 fully saturated rings. The summed E-state index contributed by atoms with van der Waals surface area (Å²) >= 11 is 0. The lowest BCUT2D eigenvalue weighted by atomic mass is 10.4. The smallest absolute Gasteiger partial charge is 0.226 e. The Balaban J connectivity index is 2.50. The standard InChI is InChI=1S/C8H13N3O3/c1-14-7-2-3-9-8(11-7)10-4-6(13)5-12/h2-3,6,12-13H,4-5H2,1H3,(H,9,10,11). The van der Waals surface area contributed by atoms with Crippen LogP contribution in [0.1, 0.15) is 0 Å². The van der Waals surface area contributed by atoms with Gasteiger partial charge in [-0.1, -0.05) is 0 Å². The molecule has 0 saturated carbocycles. The molecule has 0 aromatic carbocycles. The van der Waals surface area contributed by atoms with E-state index in [0.29, 0.717) is 11.8 Å². The Labute approximate surface area is 81.6 Å². The molecule has 1 aromatic heterocycles. The van der Waals surface area contributed by atoms with Crippen LogP contribution in [0.25, 0.3) is 0 Å². The SMILES string of the molecule is COc1ccnc(NCC(O)CO)n1. The molecule has 1 rings (SSSR count). The molecule has 3 N–H and O–H groups in total. The lowest BCUT2D eigenvalue weighted by Gasteiger charge is -2.08. The first-order valence-corrected chi connectivity index (χ1v) is 4.16. The average Bonchev–Trinajstić information content (AvgIpc) is 2.26. The summed E-state index contributed by atoms with van der Waals surface area (Å²) in [6.45, 7) is -0.0966. The molecule has 6 heteroatoms. The Morgan fingerprint density at radius 1 is 1.64 bits per heavy atom. The maximum absolute atomic E-state index is 9.05. The maximum Gasteiger partial charge on any atom is 0.226 e. The van der Waals surface area contributed by atoms with E-state index < -0.39 is 6.10 Å². The molecule has 14 heavy (non-hydrogen) atoms. The second-order valence-corrected chi connectivity index (χ2v) is 2.64. The van der Waals surface area contributed by atoms with Crippen molar-refractivity contribution in [3.05, 3.63) is 12.3 Å². The van der Waals surface area contributed by atoms with Crippen LogP contribution in [0.2, 0.25) is 0 Å². The monoisotopic (exact) mass is 199 g/mol. The third-order valence-corrected chi connectivity index (χ3v) is 1.55. The van der Waals surface area contributed by atoms with Crippen LogP contribution < -0.4 is 10.1 Å². The van der Waals surface area contributed by atoms with Gasteiger partial charge in [0, 0.05) is 18.8 Å². The van der Waals surface area contributed by atoms with Crippen molar-refractivity contribution in [2.45, 2.75) is 6.10 Å². The van der Waals surface area contributed by atoms with Crippen LogP contribution in [-0.2, 0) is 0 Å². The van der Waals surface area contributed by atoms with Gasteiger partial charge in [0.1, 0.15) is 0 Å². The highest BCUT2D eigenvalue weighted by molar-refractivity contribution is 5.27. The molecule has 0 amide bonds. The number of aliphatic hydroxyl groups is 2. The minimum atomic E-state index is -0.815. The summed E-state index contributed by atoms with van der Waals surface area (Å²) in [6, 6.07) is 1.62. The molecular formula is C8H13N3O3. The third kappa shape index (κ3) is 3.15. The molecule has 0 aliphatic rings. The third-order valence-electron chi connectivity index (χ3n) is 1.55. The first kappa shape index (κ1) is 10.7. The Morgan fingerprint density at radius 2 is 2.43 bits per heavy atom. The van der Waals surface area contributed by atoms with Crippen LogP contribution >= 0.6 is 0 Å². The number of nitrogens with zero attached hydrogens (tertiary/aromatic N) is 2. The Hall–Kier alpha value is -1.40. The number of ether oxygens (including phenoxy) is 1. The van der Waals surface area contributed by atoms with Gasteiger partial charge < -0.3 is 20.3 Å². The number of aliphatic hydroxyl groups excluding tert-OH is 2. The van der Waals surface area contributed by atoms with E-state index in [1.807, 2.05) is 0 Å². The summed E-state index contributed by atoms with van der Waals surface area (Å²) in [7, 11) is 1.51. The second kappa shape index (κ2) is 5.36. The number of hydrogen-bond acceptors (Lipinski definition) is 6. The van der Waals surface area contributed by atoms with Crippen molar-refractivity contribution in [2.75, 3.05) is 25.6 Å². The second-order valence-electron chi connectivity index (χ2n) is 2.64. The van der Waals surface area contributed by atoms with E-state index in [0.717, 1.165) is 0 Å². The van der Waals surface area contributed by atoms with Gasteiger partial charge >= 0.3 is 0 Å².